The van der Waals surface area contributed by atoms with Crippen molar-refractivity contribution in [1.29, 1.82) is 0 Å². The molecule has 0 aliphatic carbocycles. The monoisotopic (exact) mass is 305 g/mol. The molecular formula is C17H20ClNO2. The summed E-state index contributed by atoms with van der Waals surface area (Å²) in [7, 11) is 1.63. The van der Waals surface area contributed by atoms with Gasteiger partial charge in [-0.3, -0.25) is 0 Å². The number of rotatable bonds is 6. The predicted molar refractivity (Wildman–Crippen MR) is 87.1 cm³/mol. The van der Waals surface area contributed by atoms with E-state index in [1.165, 1.54) is 0 Å². The first kappa shape index (κ1) is 15.7. The Morgan fingerprint density at radius 2 is 1.95 bits per heavy atom. The Kier molecular flexibility index (Phi) is 5.10. The Labute approximate surface area is 130 Å². The average molecular weight is 306 g/mol. The molecule has 2 rings (SSSR count). The maximum atomic E-state index is 10.00. The smallest absolute Gasteiger partial charge is 0.141 e. The number of hydrogen-bond acceptors (Lipinski definition) is 3. The van der Waals surface area contributed by atoms with Crippen LogP contribution in [0.1, 0.15) is 18.9 Å². The Balaban J connectivity index is 2.43. The number of methoxy groups -OCH3 is 1. The van der Waals surface area contributed by atoms with Crippen molar-refractivity contribution in [1.82, 2.24) is 0 Å². The van der Waals surface area contributed by atoms with Gasteiger partial charge in [-0.2, -0.15) is 0 Å². The molecule has 4 heteroatoms. The van der Waals surface area contributed by atoms with E-state index in [0.717, 1.165) is 17.0 Å². The number of halogens is 1. The predicted octanol–water partition coefficient (Wildman–Crippen LogP) is 4.06. The van der Waals surface area contributed by atoms with Crippen LogP contribution in [0.3, 0.4) is 0 Å². The van der Waals surface area contributed by atoms with Gasteiger partial charge in [0.2, 0.25) is 0 Å². The van der Waals surface area contributed by atoms with E-state index < -0.39 is 5.54 Å². The van der Waals surface area contributed by atoms with Crippen molar-refractivity contribution in [3.63, 3.8) is 0 Å². The Hall–Kier alpha value is -1.71. The van der Waals surface area contributed by atoms with Crippen molar-refractivity contribution in [2.45, 2.75) is 18.9 Å². The van der Waals surface area contributed by atoms with Crippen LogP contribution < -0.4 is 10.1 Å². The maximum Gasteiger partial charge on any atom is 0.141 e. The van der Waals surface area contributed by atoms with Gasteiger partial charge in [-0.25, -0.2) is 0 Å². The molecule has 21 heavy (non-hydrogen) atoms. The summed E-state index contributed by atoms with van der Waals surface area (Å²) in [4.78, 5) is 0. The summed E-state index contributed by atoms with van der Waals surface area (Å²) in [6.07, 6.45) is 0.710. The van der Waals surface area contributed by atoms with E-state index in [-0.39, 0.29) is 6.61 Å². The second-order valence-electron chi connectivity index (χ2n) is 4.93. The van der Waals surface area contributed by atoms with Gasteiger partial charge in [0.05, 0.1) is 24.9 Å². The van der Waals surface area contributed by atoms with E-state index in [2.05, 4.69) is 5.32 Å². The minimum atomic E-state index is -0.598. The fraction of sp³-hybridized carbons (Fsp3) is 0.294. The topological polar surface area (TPSA) is 41.5 Å². The number of aliphatic hydroxyl groups is 1. The minimum Gasteiger partial charge on any atom is -0.495 e. The largest absolute Gasteiger partial charge is 0.495 e. The van der Waals surface area contributed by atoms with Crippen LogP contribution in [0.25, 0.3) is 0 Å². The highest BCUT2D eigenvalue weighted by Crippen LogP contribution is 2.34. The van der Waals surface area contributed by atoms with Crippen LogP contribution >= 0.6 is 11.6 Å². The lowest BCUT2D eigenvalue weighted by Crippen LogP contribution is -2.38. The third-order valence-electron chi connectivity index (χ3n) is 3.73. The van der Waals surface area contributed by atoms with E-state index in [0.29, 0.717) is 11.4 Å². The summed E-state index contributed by atoms with van der Waals surface area (Å²) in [5.41, 5.74) is 1.20. The number of benzene rings is 2. The normalized spacial score (nSPS) is 13.5. The highest BCUT2D eigenvalue weighted by Gasteiger charge is 2.30. The number of nitrogens with one attached hydrogen (secondary N) is 1. The number of aliphatic hydroxyl groups excluding tert-OH is 1. The summed E-state index contributed by atoms with van der Waals surface area (Å²) in [6.45, 7) is 1.99. The molecule has 2 N–H and O–H groups in total. The third-order valence-corrected chi connectivity index (χ3v) is 3.97. The lowest BCUT2D eigenvalue weighted by atomic mass is 9.87. The van der Waals surface area contributed by atoms with Crippen LogP contribution in [0.15, 0.2) is 48.5 Å². The Morgan fingerprint density at radius 3 is 2.57 bits per heavy atom. The highest BCUT2D eigenvalue weighted by atomic mass is 35.5. The van der Waals surface area contributed by atoms with Gasteiger partial charge in [-0.15, -0.1) is 0 Å². The van der Waals surface area contributed by atoms with Crippen molar-refractivity contribution in [2.24, 2.45) is 0 Å². The summed E-state index contributed by atoms with van der Waals surface area (Å²) in [6, 6.07) is 15.2. The quantitative estimate of drug-likeness (QED) is 0.845. The Bertz CT molecular complexity index is 597. The van der Waals surface area contributed by atoms with E-state index in [1.54, 1.807) is 7.11 Å². The number of para-hydroxylation sites is 2. The van der Waals surface area contributed by atoms with Crippen molar-refractivity contribution in [3.05, 3.63) is 59.1 Å². The maximum absolute atomic E-state index is 10.00. The molecule has 0 saturated heterocycles. The molecule has 0 aromatic heterocycles. The molecule has 3 nitrogen and oxygen atoms in total. The van der Waals surface area contributed by atoms with Gasteiger partial charge in [-0.05, 0) is 36.2 Å². The van der Waals surface area contributed by atoms with Gasteiger partial charge >= 0.3 is 0 Å². The molecule has 112 valence electrons. The zero-order chi connectivity index (χ0) is 15.3. The average Bonchev–Trinajstić information content (AvgIpc) is 2.53. The van der Waals surface area contributed by atoms with E-state index in [1.807, 2.05) is 55.5 Å². The second-order valence-corrected chi connectivity index (χ2v) is 5.37. The number of hydrogen-bond donors (Lipinski definition) is 2. The first-order chi connectivity index (χ1) is 10.1. The molecule has 0 aliphatic rings. The molecule has 0 saturated carbocycles. The van der Waals surface area contributed by atoms with Crippen molar-refractivity contribution < 1.29 is 9.84 Å². The fourth-order valence-electron chi connectivity index (χ4n) is 2.40. The van der Waals surface area contributed by atoms with Crippen molar-refractivity contribution in [3.8, 4) is 5.75 Å². The first-order valence-electron chi connectivity index (χ1n) is 6.93. The molecular weight excluding hydrogens is 286 g/mol. The summed E-state index contributed by atoms with van der Waals surface area (Å²) < 4.78 is 5.37. The molecule has 0 aliphatic heterocycles. The SMILES string of the molecule is CCC(CO)(Nc1ccccc1OC)c1cccc(Cl)c1. The van der Waals surface area contributed by atoms with E-state index in [4.69, 9.17) is 16.3 Å². The molecule has 0 heterocycles. The molecule has 0 spiro atoms. The zero-order valence-electron chi connectivity index (χ0n) is 12.3. The fourth-order valence-corrected chi connectivity index (χ4v) is 2.59. The molecule has 0 fully saturated rings. The zero-order valence-corrected chi connectivity index (χ0v) is 13.0. The molecule has 0 bridgehead atoms. The Morgan fingerprint density at radius 1 is 1.19 bits per heavy atom. The first-order valence-corrected chi connectivity index (χ1v) is 7.31. The molecule has 2 aromatic rings. The van der Waals surface area contributed by atoms with Crippen LogP contribution in [-0.4, -0.2) is 18.8 Å². The second kappa shape index (κ2) is 6.83. The third kappa shape index (κ3) is 3.31. The molecule has 0 radical (unpaired) electrons. The van der Waals surface area contributed by atoms with Crippen LogP contribution in [0.4, 0.5) is 5.69 Å². The van der Waals surface area contributed by atoms with Crippen LogP contribution in [-0.2, 0) is 5.54 Å². The molecule has 1 unspecified atom stereocenters. The van der Waals surface area contributed by atoms with Crippen molar-refractivity contribution >= 4 is 17.3 Å². The molecule has 0 amide bonds. The van der Waals surface area contributed by atoms with E-state index >= 15 is 0 Å². The van der Waals surface area contributed by atoms with Gasteiger partial charge in [-0.1, -0.05) is 42.8 Å². The minimum absolute atomic E-state index is 0.0398. The van der Waals surface area contributed by atoms with Crippen LogP contribution in [0, 0.1) is 0 Å². The summed E-state index contributed by atoms with van der Waals surface area (Å²) in [5, 5.41) is 14.1. The van der Waals surface area contributed by atoms with Crippen LogP contribution in [0.2, 0.25) is 5.02 Å². The van der Waals surface area contributed by atoms with Gasteiger partial charge in [0, 0.05) is 5.02 Å². The van der Waals surface area contributed by atoms with Gasteiger partial charge in [0.15, 0.2) is 0 Å². The highest BCUT2D eigenvalue weighted by molar-refractivity contribution is 6.30. The summed E-state index contributed by atoms with van der Waals surface area (Å²) >= 11 is 6.09. The van der Waals surface area contributed by atoms with E-state index in [9.17, 15) is 5.11 Å². The molecule has 1 atom stereocenters. The van der Waals surface area contributed by atoms with Gasteiger partial charge in [0.1, 0.15) is 5.75 Å². The summed E-state index contributed by atoms with van der Waals surface area (Å²) in [5.74, 6) is 0.741. The lowest BCUT2D eigenvalue weighted by molar-refractivity contribution is 0.207. The van der Waals surface area contributed by atoms with Gasteiger partial charge in [0.25, 0.3) is 0 Å². The number of anilines is 1. The molecule has 2 aromatic carbocycles. The number of ether oxygens (including phenoxy) is 1. The lowest BCUT2D eigenvalue weighted by Gasteiger charge is -2.34. The standard InChI is InChI=1S/C17H20ClNO2/c1-3-17(12-20,13-7-6-8-14(18)11-13)19-15-9-4-5-10-16(15)21-2/h4-11,19-20H,3,12H2,1-2H3. The van der Waals surface area contributed by atoms with Gasteiger partial charge < -0.3 is 15.2 Å². The van der Waals surface area contributed by atoms with Crippen molar-refractivity contribution in [2.75, 3.05) is 19.0 Å². The van der Waals surface area contributed by atoms with Crippen LogP contribution in [0.5, 0.6) is 5.75 Å².